The van der Waals surface area contributed by atoms with Crippen LogP contribution in [0, 0.1) is 0 Å². The molecule has 0 bridgehead atoms. The maximum absolute atomic E-state index is 13.2. The van der Waals surface area contributed by atoms with Gasteiger partial charge in [0, 0.05) is 5.56 Å². The van der Waals surface area contributed by atoms with Crippen LogP contribution < -0.4 is 29.5 Å². The number of rotatable bonds is 5. The topological polar surface area (TPSA) is 60.6 Å². The molecule has 0 aliphatic heterocycles. The second-order valence-corrected chi connectivity index (χ2v) is 9.45. The zero-order valence-electron chi connectivity index (χ0n) is 17.7. The van der Waals surface area contributed by atoms with Gasteiger partial charge in [-0.25, -0.2) is 4.74 Å². The maximum atomic E-state index is 13.2. The second kappa shape index (κ2) is 10.9. The molecule has 2 amide bonds. The van der Waals surface area contributed by atoms with E-state index < -0.39 is 19.0 Å². The number of nitrogens with zero attached hydrogens (tertiary/aromatic N) is 2. The summed E-state index contributed by atoms with van der Waals surface area (Å²) in [4.78, 5) is 26.4. The zero-order valence-corrected chi connectivity index (χ0v) is 18.6. The van der Waals surface area contributed by atoms with Gasteiger partial charge in [-0.15, -0.1) is 0 Å². The smallest absolute Gasteiger partial charge is 0.603 e. The third-order valence-corrected chi connectivity index (χ3v) is 7.72. The zero-order chi connectivity index (χ0) is 21.5. The Morgan fingerprint density at radius 1 is 0.562 bits per heavy atom. The summed E-state index contributed by atoms with van der Waals surface area (Å²) in [7, 11) is -3.09. The number of hydrogen-bond acceptors (Lipinski definition) is 2. The van der Waals surface area contributed by atoms with Gasteiger partial charge in [0.25, 0.3) is 5.91 Å². The van der Waals surface area contributed by atoms with Crippen LogP contribution in [0.2, 0.25) is 0 Å². The van der Waals surface area contributed by atoms with Gasteiger partial charge in [0.1, 0.15) is 0 Å². The van der Waals surface area contributed by atoms with E-state index in [4.69, 9.17) is 0 Å². The van der Waals surface area contributed by atoms with Gasteiger partial charge in [-0.2, -0.15) is 0 Å². The first kappa shape index (κ1) is 23.5. The fourth-order valence-corrected chi connectivity index (χ4v) is 5.95. The molecule has 6 heteroatoms. The summed E-state index contributed by atoms with van der Waals surface area (Å²) in [5.41, 5.74) is 0.919. The van der Waals surface area contributed by atoms with E-state index in [0.29, 0.717) is 11.1 Å². The van der Waals surface area contributed by atoms with Crippen LogP contribution in [0.15, 0.2) is 126 Å². The number of amides is 2. The molecule has 0 fully saturated rings. The van der Waals surface area contributed by atoms with E-state index in [-0.39, 0.29) is 18.9 Å². The quantitative estimate of drug-likeness (QED) is 0.361. The molecule has 0 N–H and O–H groups in total. The van der Waals surface area contributed by atoms with E-state index in [0.717, 1.165) is 10.6 Å². The molecule has 4 rings (SSSR count). The van der Waals surface area contributed by atoms with Crippen molar-refractivity contribution in [1.29, 1.82) is 0 Å². The predicted molar refractivity (Wildman–Crippen MR) is 126 cm³/mol. The summed E-state index contributed by atoms with van der Waals surface area (Å²) in [5, 5.41) is 6.16. The van der Waals surface area contributed by atoms with Crippen molar-refractivity contribution in [3.05, 3.63) is 138 Å². The summed E-state index contributed by atoms with van der Waals surface area (Å²) >= 11 is 0. The molecule has 0 aliphatic carbocycles. The Morgan fingerprint density at radius 2 is 0.938 bits per heavy atom. The molecule has 4 aromatic carbocycles. The molecule has 4 aromatic rings. The third kappa shape index (κ3) is 5.18. The van der Waals surface area contributed by atoms with Crippen LogP contribution in [0.1, 0.15) is 20.7 Å². The second-order valence-electron chi connectivity index (χ2n) is 6.81. The molecular formula is C26H20LiN2O2P. The Kier molecular flexibility index (Phi) is 8.03. The molecule has 32 heavy (non-hydrogen) atoms. The van der Waals surface area contributed by atoms with Crippen molar-refractivity contribution in [2.75, 3.05) is 0 Å². The molecule has 0 atom stereocenters. The number of carbonyl (C=O) groups excluding carboxylic acids is 2. The maximum Gasteiger partial charge on any atom is 1.00 e. The van der Waals surface area contributed by atoms with Gasteiger partial charge >= 0.3 is 18.9 Å². The molecule has 0 spiro atoms. The van der Waals surface area contributed by atoms with E-state index >= 15 is 0 Å². The minimum Gasteiger partial charge on any atom is -0.603 e. The molecule has 0 aromatic heterocycles. The minimum absolute atomic E-state index is 0. The van der Waals surface area contributed by atoms with Gasteiger partial charge in [0.05, 0.1) is 5.91 Å². The van der Waals surface area contributed by atoms with Gasteiger partial charge in [-0.05, 0) is 35.5 Å². The first-order chi connectivity index (χ1) is 15.2. The third-order valence-electron chi connectivity index (χ3n) is 4.75. The average molecular weight is 430 g/mol. The van der Waals surface area contributed by atoms with Crippen LogP contribution in [0.4, 0.5) is 0 Å². The van der Waals surface area contributed by atoms with Crippen LogP contribution in [-0.4, -0.2) is 11.8 Å². The summed E-state index contributed by atoms with van der Waals surface area (Å²) in [6, 6.07) is 36.5. The van der Waals surface area contributed by atoms with Gasteiger partial charge in [0.2, 0.25) is 0 Å². The van der Waals surface area contributed by atoms with Crippen molar-refractivity contribution in [3.8, 4) is 0 Å². The van der Waals surface area contributed by atoms with Crippen LogP contribution in [-0.2, 0) is 0 Å². The normalized spacial score (nSPS) is 10.5. The molecule has 0 saturated heterocycles. The van der Waals surface area contributed by atoms with E-state index in [9.17, 15) is 9.59 Å². The van der Waals surface area contributed by atoms with E-state index in [1.54, 1.807) is 48.5 Å². The molecule has 0 saturated carbocycles. The van der Waals surface area contributed by atoms with Gasteiger partial charge in [-0.3, -0.25) is 4.79 Å². The minimum atomic E-state index is -3.09. The van der Waals surface area contributed by atoms with Crippen LogP contribution in [0.3, 0.4) is 0 Å². The van der Waals surface area contributed by atoms with E-state index in [2.05, 4.69) is 9.83 Å². The van der Waals surface area contributed by atoms with E-state index in [1.165, 1.54) is 0 Å². The Morgan fingerprint density at radius 3 is 1.38 bits per heavy atom. The van der Waals surface area contributed by atoms with Gasteiger partial charge < -0.3 is 9.88 Å². The Labute approximate surface area is 200 Å². The largest absolute Gasteiger partial charge is 1.00 e. The molecule has 4 nitrogen and oxygen atoms in total. The first-order valence-corrected chi connectivity index (χ1v) is 11.5. The standard InChI is InChI=1S/C26H21N2O2P.Li/c29-25(21-13-5-1-6-14-21)27-31(23-17-9-3-10-18-23,24-19-11-4-12-20-24)28-26(30)22-15-7-2-8-16-22;/h1-20H,(H,27,29);/q;+1/p-1. The number of hydrogen-bond donors (Lipinski definition) is 0. The van der Waals surface area contributed by atoms with Gasteiger partial charge in [0.15, 0.2) is 0 Å². The van der Waals surface area contributed by atoms with Crippen molar-refractivity contribution < 1.29 is 28.4 Å². The van der Waals surface area contributed by atoms with Crippen molar-refractivity contribution in [1.82, 2.24) is 0 Å². The molecule has 0 aliphatic rings. The van der Waals surface area contributed by atoms with Gasteiger partial charge in [-0.1, -0.05) is 109 Å². The number of benzene rings is 4. The molecule has 0 heterocycles. The fourth-order valence-electron chi connectivity index (χ4n) is 3.21. The van der Waals surface area contributed by atoms with Crippen molar-refractivity contribution in [2.24, 2.45) is 4.74 Å². The van der Waals surface area contributed by atoms with Crippen molar-refractivity contribution >= 4 is 29.6 Å². The van der Waals surface area contributed by atoms with E-state index in [1.807, 2.05) is 72.8 Å². The summed E-state index contributed by atoms with van der Waals surface area (Å²) in [5.74, 6) is -0.794. The Balaban J connectivity index is 0.00000289. The Bertz CT molecular complexity index is 1190. The SMILES string of the molecule is O=C(N=P([N-]C(=O)c1ccccc1)(c1ccccc1)c1ccccc1)c1ccccc1.[Li+]. The first-order valence-electron chi connectivity index (χ1n) is 9.85. The van der Waals surface area contributed by atoms with Crippen LogP contribution in [0.5, 0.6) is 0 Å². The van der Waals surface area contributed by atoms with Crippen molar-refractivity contribution in [2.45, 2.75) is 0 Å². The average Bonchev–Trinajstić information content (AvgIpc) is 2.85. The predicted octanol–water partition coefficient (Wildman–Crippen LogP) is 2.81. The molecule has 0 radical (unpaired) electrons. The molecular weight excluding hydrogens is 410 g/mol. The Hall–Kier alpha value is -3.15. The van der Waals surface area contributed by atoms with Crippen molar-refractivity contribution in [3.63, 3.8) is 0 Å². The van der Waals surface area contributed by atoms with Crippen LogP contribution in [0.25, 0.3) is 5.09 Å². The summed E-state index contributed by atoms with van der Waals surface area (Å²) < 4.78 is 4.67. The summed E-state index contributed by atoms with van der Waals surface area (Å²) in [6.45, 7) is 0. The monoisotopic (exact) mass is 430 g/mol. The fraction of sp³-hybridized carbons (Fsp3) is 0. The van der Waals surface area contributed by atoms with Crippen LogP contribution >= 0.6 is 7.21 Å². The number of carbonyl (C=O) groups is 2. The molecule has 0 unspecified atom stereocenters. The molecule has 152 valence electrons. The summed E-state index contributed by atoms with van der Waals surface area (Å²) in [6.07, 6.45) is 0.